The third-order valence-corrected chi connectivity index (χ3v) is 3.04. The Hall–Kier alpha value is -2.17. The van der Waals surface area contributed by atoms with Crippen LogP contribution in [0.4, 0.5) is 0 Å². The van der Waals surface area contributed by atoms with Gasteiger partial charge in [-0.3, -0.25) is 14.9 Å². The summed E-state index contributed by atoms with van der Waals surface area (Å²) in [5.74, 6) is -0.164. The number of hydrogen-bond donors (Lipinski definition) is 1. The molecule has 0 bridgehead atoms. The Morgan fingerprint density at radius 1 is 1.29 bits per heavy atom. The highest BCUT2D eigenvalue weighted by atomic mass is 16.2. The van der Waals surface area contributed by atoms with Gasteiger partial charge in [0.25, 0.3) is 0 Å². The van der Waals surface area contributed by atoms with Crippen molar-refractivity contribution in [3.05, 3.63) is 29.9 Å². The molecule has 1 saturated heterocycles. The molecule has 2 rings (SSSR count). The summed E-state index contributed by atoms with van der Waals surface area (Å²) < 4.78 is 1.89. The van der Waals surface area contributed by atoms with E-state index in [0.29, 0.717) is 18.7 Å². The molecule has 0 aliphatic carbocycles. The molecule has 5 heteroatoms. The number of allylic oxidation sites excluding steroid dienone is 2. The normalized spacial score (nSPS) is 18.8. The van der Waals surface area contributed by atoms with Crippen LogP contribution in [0.25, 0.3) is 12.3 Å². The van der Waals surface area contributed by atoms with Gasteiger partial charge in [-0.15, -0.1) is 0 Å². The molecule has 0 saturated carbocycles. The molecule has 0 spiro atoms. The molecule has 1 aromatic heterocycles. The number of carbonyl (C=O) groups excluding carboxylic acids is 2. The fourth-order valence-corrected chi connectivity index (χ4v) is 2.19. The zero-order chi connectivity index (χ0) is 15.8. The van der Waals surface area contributed by atoms with Crippen LogP contribution in [0, 0.1) is 0 Å². The summed E-state index contributed by atoms with van der Waals surface area (Å²) in [5, 5.41) is 2.37. The highest BCUT2D eigenvalue weighted by molar-refractivity contribution is 6.00. The summed E-state index contributed by atoms with van der Waals surface area (Å²) in [6.45, 7) is 7.84. The number of hydrogen-bond acceptors (Lipinski definition) is 3. The van der Waals surface area contributed by atoms with Crippen LogP contribution in [0.3, 0.4) is 0 Å². The van der Waals surface area contributed by atoms with Crippen molar-refractivity contribution < 1.29 is 9.59 Å². The first kappa shape index (κ1) is 16.9. The summed E-state index contributed by atoms with van der Waals surface area (Å²) in [5.41, 5.74) is 0.917. The van der Waals surface area contributed by atoms with E-state index in [1.54, 1.807) is 6.20 Å². The molecule has 2 amide bonds. The van der Waals surface area contributed by atoms with Gasteiger partial charge in [-0.25, -0.2) is 4.98 Å². The third-order valence-electron chi connectivity index (χ3n) is 3.04. The van der Waals surface area contributed by atoms with E-state index in [-0.39, 0.29) is 17.7 Å². The Labute approximate surface area is 125 Å². The van der Waals surface area contributed by atoms with Gasteiger partial charge in [-0.2, -0.15) is 0 Å². The van der Waals surface area contributed by atoms with Crippen LogP contribution in [0.5, 0.6) is 0 Å². The number of piperidine rings is 1. The van der Waals surface area contributed by atoms with Gasteiger partial charge in [0.2, 0.25) is 11.8 Å². The maximum Gasteiger partial charge on any atom is 0.237 e. The van der Waals surface area contributed by atoms with Crippen molar-refractivity contribution in [3.8, 4) is 0 Å². The van der Waals surface area contributed by atoms with Gasteiger partial charge in [-0.1, -0.05) is 26.0 Å². The van der Waals surface area contributed by atoms with E-state index in [9.17, 15) is 9.59 Å². The average Bonchev–Trinajstić information content (AvgIpc) is 2.85. The monoisotopic (exact) mass is 289 g/mol. The fraction of sp³-hybridized carbons (Fsp3) is 0.438. The Morgan fingerprint density at radius 2 is 2.00 bits per heavy atom. The lowest BCUT2D eigenvalue weighted by Crippen LogP contribution is -2.40. The fourth-order valence-electron chi connectivity index (χ4n) is 2.19. The molecule has 2 heterocycles. The highest BCUT2D eigenvalue weighted by Gasteiger charge is 2.31. The number of aromatic nitrogens is 2. The minimum absolute atomic E-state index is 0.209. The number of imide groups is 1. The summed E-state index contributed by atoms with van der Waals surface area (Å²) >= 11 is 0. The Morgan fingerprint density at radius 3 is 2.57 bits per heavy atom. The molecule has 0 aromatic carbocycles. The second-order valence-electron chi connectivity index (χ2n) is 4.40. The van der Waals surface area contributed by atoms with Crippen LogP contribution in [-0.4, -0.2) is 21.4 Å². The molecule has 1 aliphatic rings. The first-order chi connectivity index (χ1) is 10.2. The lowest BCUT2D eigenvalue weighted by molar-refractivity contribution is -0.134. The van der Waals surface area contributed by atoms with Gasteiger partial charge in [0.05, 0.1) is 17.8 Å². The summed E-state index contributed by atoms with van der Waals surface area (Å²) in [4.78, 5) is 27.4. The van der Waals surface area contributed by atoms with Crippen molar-refractivity contribution in [3.63, 3.8) is 0 Å². The molecule has 1 unspecified atom stereocenters. The number of amides is 2. The van der Waals surface area contributed by atoms with E-state index in [1.807, 2.05) is 56.7 Å². The number of nitrogens with zero attached hydrogens (tertiary/aromatic N) is 2. The summed E-state index contributed by atoms with van der Waals surface area (Å²) in [6, 6.07) is 0. The second-order valence-corrected chi connectivity index (χ2v) is 4.40. The second kappa shape index (κ2) is 8.19. The summed E-state index contributed by atoms with van der Waals surface area (Å²) in [7, 11) is 0. The van der Waals surface area contributed by atoms with Crippen LogP contribution in [-0.2, 0) is 9.59 Å². The van der Waals surface area contributed by atoms with Crippen molar-refractivity contribution in [1.29, 1.82) is 0 Å². The van der Waals surface area contributed by atoms with Gasteiger partial charge < -0.3 is 4.57 Å². The molecule has 5 nitrogen and oxygen atoms in total. The van der Waals surface area contributed by atoms with Crippen molar-refractivity contribution in [2.45, 2.75) is 46.5 Å². The largest absolute Gasteiger partial charge is 0.303 e. The van der Waals surface area contributed by atoms with Crippen LogP contribution < -0.4 is 5.32 Å². The Balaban J connectivity index is 0.00000106. The number of imidazole rings is 1. The molecular weight excluding hydrogens is 266 g/mol. The minimum atomic E-state index is -0.368. The lowest BCUT2D eigenvalue weighted by atomic mass is 9.97. The molecule has 1 atom stereocenters. The lowest BCUT2D eigenvalue weighted by Gasteiger charge is -2.20. The summed E-state index contributed by atoms with van der Waals surface area (Å²) in [6.07, 6.45) is 10.2. The molecule has 0 radical (unpaired) electrons. The van der Waals surface area contributed by atoms with Crippen molar-refractivity contribution >= 4 is 24.1 Å². The van der Waals surface area contributed by atoms with E-state index < -0.39 is 0 Å². The molecule has 1 N–H and O–H groups in total. The maximum absolute atomic E-state index is 11.9. The van der Waals surface area contributed by atoms with E-state index >= 15 is 0 Å². The highest BCUT2D eigenvalue weighted by Crippen LogP contribution is 2.25. The molecule has 1 fully saturated rings. The first-order valence-corrected chi connectivity index (χ1v) is 7.33. The van der Waals surface area contributed by atoms with E-state index in [1.165, 1.54) is 0 Å². The van der Waals surface area contributed by atoms with Crippen molar-refractivity contribution in [1.82, 2.24) is 14.9 Å². The van der Waals surface area contributed by atoms with Gasteiger partial charge in [0.1, 0.15) is 5.82 Å². The predicted molar refractivity (Wildman–Crippen MR) is 84.4 cm³/mol. The smallest absolute Gasteiger partial charge is 0.237 e. The van der Waals surface area contributed by atoms with Crippen LogP contribution in [0.15, 0.2) is 18.3 Å². The molecule has 114 valence electrons. The number of nitrogens with one attached hydrogen (secondary N) is 1. The van der Waals surface area contributed by atoms with E-state index in [2.05, 4.69) is 10.3 Å². The van der Waals surface area contributed by atoms with Gasteiger partial charge in [-0.05, 0) is 26.3 Å². The maximum atomic E-state index is 11.9. The van der Waals surface area contributed by atoms with E-state index in [0.717, 1.165) is 5.69 Å². The van der Waals surface area contributed by atoms with Crippen LogP contribution in [0.2, 0.25) is 0 Å². The van der Waals surface area contributed by atoms with Gasteiger partial charge >= 0.3 is 0 Å². The van der Waals surface area contributed by atoms with Crippen molar-refractivity contribution in [2.24, 2.45) is 0 Å². The quantitative estimate of drug-likeness (QED) is 0.870. The van der Waals surface area contributed by atoms with Crippen LogP contribution >= 0.6 is 0 Å². The third kappa shape index (κ3) is 3.90. The molecule has 1 aromatic rings. The zero-order valence-electron chi connectivity index (χ0n) is 13.1. The molecular formula is C16H23N3O2. The standard InChI is InChI=1S/C14H17N3O2.C2H6/c1-3-5-10-9-15-13(17(10)8-4-2)11-6-7-12(18)16-14(11)19;1-2/h3-5,8-9,11H,6-7H2,1-2H3,(H,16,18,19);1-2H3/b5-3-,8-4-;. The van der Waals surface area contributed by atoms with Gasteiger partial charge in [0.15, 0.2) is 0 Å². The minimum Gasteiger partial charge on any atom is -0.303 e. The first-order valence-electron chi connectivity index (χ1n) is 7.33. The number of carbonyl (C=O) groups is 2. The molecule has 1 aliphatic heterocycles. The van der Waals surface area contributed by atoms with Crippen LogP contribution in [0.1, 0.15) is 58.0 Å². The Bertz CT molecular complexity index is 556. The topological polar surface area (TPSA) is 64.0 Å². The zero-order valence-corrected chi connectivity index (χ0v) is 13.1. The SMILES string of the molecule is C/C=C\c1cnc(C2CCC(=O)NC2=O)n1/C=C\C.CC. The number of rotatable bonds is 3. The van der Waals surface area contributed by atoms with E-state index in [4.69, 9.17) is 0 Å². The molecule has 21 heavy (non-hydrogen) atoms. The average molecular weight is 289 g/mol. The van der Waals surface area contributed by atoms with Crippen molar-refractivity contribution in [2.75, 3.05) is 0 Å². The predicted octanol–water partition coefficient (Wildman–Crippen LogP) is 2.95. The van der Waals surface area contributed by atoms with Gasteiger partial charge in [0, 0.05) is 12.6 Å². The Kier molecular flexibility index (Phi) is 6.59.